The van der Waals surface area contributed by atoms with E-state index in [1.807, 2.05) is 0 Å². The molecule has 1 unspecified atom stereocenters. The fraction of sp³-hybridized carbons (Fsp3) is 0.429. The Balaban J connectivity index is 2.22. The van der Waals surface area contributed by atoms with E-state index >= 15 is 0 Å². The SMILES string of the molecule is COC(=O)C1CN(C(=O)c2cc(N)cc(C)c2F)CCO1. The molecule has 6 nitrogen and oxygen atoms in total. The molecular weight excluding hydrogens is 279 g/mol. The lowest BCUT2D eigenvalue weighted by Gasteiger charge is -2.31. The zero-order valence-electron chi connectivity index (χ0n) is 11.9. The highest BCUT2D eigenvalue weighted by Crippen LogP contribution is 2.20. The van der Waals surface area contributed by atoms with Crippen LogP contribution in [-0.2, 0) is 14.3 Å². The number of nitrogens with zero attached hydrogens (tertiary/aromatic N) is 1. The molecule has 1 aliphatic rings. The van der Waals surface area contributed by atoms with E-state index < -0.39 is 23.8 Å². The largest absolute Gasteiger partial charge is 0.467 e. The van der Waals surface area contributed by atoms with Crippen molar-refractivity contribution in [3.63, 3.8) is 0 Å². The number of hydrogen-bond acceptors (Lipinski definition) is 5. The number of benzene rings is 1. The number of anilines is 1. The molecule has 0 saturated carbocycles. The number of halogens is 1. The summed E-state index contributed by atoms with van der Waals surface area (Å²) in [6, 6.07) is 2.76. The predicted octanol–water partition coefficient (Wildman–Crippen LogP) is 0.730. The van der Waals surface area contributed by atoms with Crippen LogP contribution in [0.15, 0.2) is 12.1 Å². The highest BCUT2D eigenvalue weighted by atomic mass is 19.1. The van der Waals surface area contributed by atoms with Crippen LogP contribution in [0.5, 0.6) is 0 Å². The van der Waals surface area contributed by atoms with Gasteiger partial charge in [-0.1, -0.05) is 0 Å². The summed E-state index contributed by atoms with van der Waals surface area (Å²) in [6.07, 6.45) is -0.849. The molecule has 0 spiro atoms. The van der Waals surface area contributed by atoms with Crippen LogP contribution in [0.4, 0.5) is 10.1 Å². The van der Waals surface area contributed by atoms with Gasteiger partial charge in [-0.15, -0.1) is 0 Å². The fourth-order valence-electron chi connectivity index (χ4n) is 2.23. The molecule has 1 aromatic rings. The standard InChI is InChI=1S/C14H17FN2O4/c1-8-5-9(16)6-10(12(8)15)13(18)17-3-4-21-11(7-17)14(19)20-2/h5-6,11H,3-4,7,16H2,1-2H3. The first-order valence-corrected chi connectivity index (χ1v) is 6.48. The van der Waals surface area contributed by atoms with E-state index in [0.29, 0.717) is 11.3 Å². The first kappa shape index (κ1) is 15.2. The van der Waals surface area contributed by atoms with E-state index in [4.69, 9.17) is 10.5 Å². The van der Waals surface area contributed by atoms with Gasteiger partial charge < -0.3 is 20.1 Å². The molecule has 2 N–H and O–H groups in total. The maximum absolute atomic E-state index is 14.1. The number of methoxy groups -OCH3 is 1. The number of carbonyl (C=O) groups is 2. The van der Waals surface area contributed by atoms with Crippen LogP contribution in [0, 0.1) is 12.7 Å². The number of nitrogens with two attached hydrogens (primary N) is 1. The minimum Gasteiger partial charge on any atom is -0.467 e. The summed E-state index contributed by atoms with van der Waals surface area (Å²) < 4.78 is 23.9. The van der Waals surface area contributed by atoms with E-state index in [0.717, 1.165) is 0 Å². The molecule has 0 aliphatic carbocycles. The average Bonchev–Trinajstić information content (AvgIpc) is 2.49. The first-order chi connectivity index (χ1) is 9.93. The van der Waals surface area contributed by atoms with E-state index in [2.05, 4.69) is 4.74 Å². The Kier molecular flexibility index (Phi) is 4.42. The van der Waals surface area contributed by atoms with Gasteiger partial charge in [-0.2, -0.15) is 0 Å². The zero-order valence-corrected chi connectivity index (χ0v) is 11.9. The number of aryl methyl sites for hydroxylation is 1. The number of nitrogen functional groups attached to an aromatic ring is 1. The van der Waals surface area contributed by atoms with Gasteiger partial charge in [0.2, 0.25) is 0 Å². The van der Waals surface area contributed by atoms with Gasteiger partial charge in [0.05, 0.1) is 25.8 Å². The number of amides is 1. The highest BCUT2D eigenvalue weighted by molar-refractivity contribution is 5.96. The van der Waals surface area contributed by atoms with E-state index in [9.17, 15) is 14.0 Å². The second-order valence-electron chi connectivity index (χ2n) is 4.83. The van der Waals surface area contributed by atoms with Gasteiger partial charge in [0, 0.05) is 12.2 Å². The molecule has 1 atom stereocenters. The molecule has 7 heteroatoms. The molecule has 0 bridgehead atoms. The molecule has 0 radical (unpaired) electrons. The van der Waals surface area contributed by atoms with Gasteiger partial charge in [0.1, 0.15) is 5.82 Å². The number of esters is 1. The van der Waals surface area contributed by atoms with Crippen molar-refractivity contribution in [1.29, 1.82) is 0 Å². The molecule has 1 heterocycles. The molecule has 0 aromatic heterocycles. The van der Waals surface area contributed by atoms with Gasteiger partial charge in [0.25, 0.3) is 5.91 Å². The molecule has 1 aliphatic heterocycles. The van der Waals surface area contributed by atoms with Crippen molar-refractivity contribution in [3.8, 4) is 0 Å². The van der Waals surface area contributed by atoms with Gasteiger partial charge >= 0.3 is 5.97 Å². The molecule has 2 rings (SSSR count). The lowest BCUT2D eigenvalue weighted by molar-refractivity contribution is -0.158. The van der Waals surface area contributed by atoms with Gasteiger partial charge in [-0.25, -0.2) is 9.18 Å². The highest BCUT2D eigenvalue weighted by Gasteiger charge is 2.31. The Morgan fingerprint density at radius 1 is 1.48 bits per heavy atom. The van der Waals surface area contributed by atoms with E-state index in [1.54, 1.807) is 6.92 Å². The fourth-order valence-corrected chi connectivity index (χ4v) is 2.23. The van der Waals surface area contributed by atoms with Gasteiger partial charge in [0.15, 0.2) is 6.10 Å². The van der Waals surface area contributed by atoms with Gasteiger partial charge in [-0.3, -0.25) is 4.79 Å². The Morgan fingerprint density at radius 3 is 2.86 bits per heavy atom. The zero-order chi connectivity index (χ0) is 15.6. The van der Waals surface area contributed by atoms with Crippen LogP contribution >= 0.6 is 0 Å². The van der Waals surface area contributed by atoms with Crippen LogP contribution in [0.2, 0.25) is 0 Å². The molecule has 21 heavy (non-hydrogen) atoms. The second-order valence-corrected chi connectivity index (χ2v) is 4.83. The van der Waals surface area contributed by atoms with Crippen molar-refractivity contribution in [2.75, 3.05) is 32.5 Å². The smallest absolute Gasteiger partial charge is 0.336 e. The third-order valence-electron chi connectivity index (χ3n) is 3.33. The minimum atomic E-state index is -0.849. The van der Waals surface area contributed by atoms with E-state index in [1.165, 1.54) is 24.1 Å². The predicted molar refractivity (Wildman–Crippen MR) is 73.2 cm³/mol. The van der Waals surface area contributed by atoms with Crippen LogP contribution in [0.3, 0.4) is 0 Å². The Labute approximate surface area is 121 Å². The van der Waals surface area contributed by atoms with Crippen molar-refractivity contribution in [1.82, 2.24) is 4.90 Å². The third kappa shape index (κ3) is 3.13. The normalized spacial score (nSPS) is 18.4. The second kappa shape index (κ2) is 6.09. The van der Waals surface area contributed by atoms with Crippen LogP contribution in [-0.4, -0.2) is 49.7 Å². The molecule has 1 amide bonds. The van der Waals surface area contributed by atoms with Crippen molar-refractivity contribution in [2.24, 2.45) is 0 Å². The minimum absolute atomic E-state index is 0.0266. The lowest BCUT2D eigenvalue weighted by Crippen LogP contribution is -2.49. The number of carbonyl (C=O) groups excluding carboxylic acids is 2. The summed E-state index contributed by atoms with van der Waals surface area (Å²) in [4.78, 5) is 25.2. The summed E-state index contributed by atoms with van der Waals surface area (Å²) in [5.41, 5.74) is 6.17. The monoisotopic (exact) mass is 296 g/mol. The summed E-state index contributed by atoms with van der Waals surface area (Å²) in [6.45, 7) is 2.03. The number of rotatable bonds is 2. The maximum atomic E-state index is 14.1. The number of morpholine rings is 1. The topological polar surface area (TPSA) is 81.9 Å². The summed E-state index contributed by atoms with van der Waals surface area (Å²) in [7, 11) is 1.24. The molecule has 114 valence electrons. The Bertz CT molecular complexity index is 576. The van der Waals surface area contributed by atoms with Crippen molar-refractivity contribution in [2.45, 2.75) is 13.0 Å². The lowest BCUT2D eigenvalue weighted by atomic mass is 10.1. The Morgan fingerprint density at radius 2 is 2.19 bits per heavy atom. The summed E-state index contributed by atoms with van der Waals surface area (Å²) >= 11 is 0. The van der Waals surface area contributed by atoms with Crippen LogP contribution in [0.25, 0.3) is 0 Å². The molecule has 1 saturated heterocycles. The van der Waals surface area contributed by atoms with Crippen molar-refractivity contribution in [3.05, 3.63) is 29.1 Å². The number of ether oxygens (including phenoxy) is 2. The summed E-state index contributed by atoms with van der Waals surface area (Å²) in [5.74, 6) is -1.67. The van der Waals surface area contributed by atoms with Gasteiger partial charge in [-0.05, 0) is 24.6 Å². The molecule has 1 aromatic carbocycles. The Hall–Kier alpha value is -2.15. The van der Waals surface area contributed by atoms with Crippen molar-refractivity contribution >= 4 is 17.6 Å². The van der Waals surface area contributed by atoms with Crippen LogP contribution in [0.1, 0.15) is 15.9 Å². The molecule has 1 fully saturated rings. The average molecular weight is 296 g/mol. The van der Waals surface area contributed by atoms with E-state index in [-0.39, 0.29) is 25.3 Å². The summed E-state index contributed by atoms with van der Waals surface area (Å²) in [5, 5.41) is 0. The quantitative estimate of drug-likeness (QED) is 0.642. The maximum Gasteiger partial charge on any atom is 0.336 e. The third-order valence-corrected chi connectivity index (χ3v) is 3.33. The first-order valence-electron chi connectivity index (χ1n) is 6.48. The number of hydrogen-bond donors (Lipinski definition) is 1. The molecular formula is C14H17FN2O4. The van der Waals surface area contributed by atoms with Crippen LogP contribution < -0.4 is 5.73 Å². The van der Waals surface area contributed by atoms with Crippen molar-refractivity contribution < 1.29 is 23.5 Å².